The second-order valence-electron chi connectivity index (χ2n) is 8.70. The van der Waals surface area contributed by atoms with Crippen LogP contribution in [0.15, 0.2) is 30.3 Å². The van der Waals surface area contributed by atoms with E-state index in [2.05, 4.69) is 21.3 Å². The molecule has 0 spiro atoms. The van der Waals surface area contributed by atoms with Gasteiger partial charge in [-0.3, -0.25) is 19.2 Å². The third kappa shape index (κ3) is 8.84. The van der Waals surface area contributed by atoms with Crippen LogP contribution in [0, 0.1) is 11.8 Å². The maximum Gasteiger partial charge on any atom is 0.325 e. The van der Waals surface area contributed by atoms with E-state index in [1.54, 1.807) is 27.8 Å². The monoisotopic (exact) mass is 462 g/mol. The van der Waals surface area contributed by atoms with Gasteiger partial charge in [0.25, 0.3) is 0 Å². The number of carboxylic acids is 1. The molecular formula is C24H38N4O5. The summed E-state index contributed by atoms with van der Waals surface area (Å²) in [5.74, 6) is -3.01. The first-order chi connectivity index (χ1) is 15.5. The van der Waals surface area contributed by atoms with E-state index in [0.29, 0.717) is 12.8 Å². The van der Waals surface area contributed by atoms with Gasteiger partial charge >= 0.3 is 5.97 Å². The molecule has 1 aromatic carbocycles. The summed E-state index contributed by atoms with van der Waals surface area (Å²) >= 11 is 0. The Labute approximate surface area is 196 Å². The predicted octanol–water partition coefficient (Wildman–Crippen LogP) is 1.08. The molecule has 3 amide bonds. The number of carbonyl (C=O) groups is 4. The zero-order valence-corrected chi connectivity index (χ0v) is 20.3. The van der Waals surface area contributed by atoms with Crippen molar-refractivity contribution in [2.75, 3.05) is 7.05 Å². The number of carboxylic acid groups (broad SMARTS) is 1. The molecule has 1 rings (SSSR count). The highest BCUT2D eigenvalue weighted by atomic mass is 16.4. The fourth-order valence-corrected chi connectivity index (χ4v) is 3.27. The van der Waals surface area contributed by atoms with Gasteiger partial charge in [0.2, 0.25) is 17.7 Å². The third-order valence-electron chi connectivity index (χ3n) is 5.72. The Balaban J connectivity index is 2.94. The summed E-state index contributed by atoms with van der Waals surface area (Å²) < 4.78 is 0. The van der Waals surface area contributed by atoms with Crippen LogP contribution in [-0.4, -0.2) is 60.0 Å². The number of benzene rings is 1. The summed E-state index contributed by atoms with van der Waals surface area (Å²) in [6.07, 6.45) is 1.05. The van der Waals surface area contributed by atoms with Crippen molar-refractivity contribution < 1.29 is 24.3 Å². The molecule has 0 radical (unpaired) electrons. The van der Waals surface area contributed by atoms with E-state index in [0.717, 1.165) is 5.56 Å². The highest BCUT2D eigenvalue weighted by Crippen LogP contribution is 2.11. The highest BCUT2D eigenvalue weighted by Gasteiger charge is 2.33. The van der Waals surface area contributed by atoms with Gasteiger partial charge in [-0.1, -0.05) is 64.4 Å². The Morgan fingerprint density at radius 2 is 1.39 bits per heavy atom. The number of carbonyl (C=O) groups excluding carboxylic acids is 3. The summed E-state index contributed by atoms with van der Waals surface area (Å²) in [6.45, 7) is 8.65. The first kappa shape index (κ1) is 28.1. The average molecular weight is 463 g/mol. The molecule has 33 heavy (non-hydrogen) atoms. The minimum Gasteiger partial charge on any atom is -0.480 e. The molecule has 0 aliphatic rings. The molecule has 9 heteroatoms. The van der Waals surface area contributed by atoms with Crippen molar-refractivity contribution in [1.29, 1.82) is 0 Å². The molecular weight excluding hydrogens is 424 g/mol. The van der Waals surface area contributed by atoms with Crippen molar-refractivity contribution in [3.63, 3.8) is 0 Å². The van der Waals surface area contributed by atoms with Gasteiger partial charge in [0, 0.05) is 0 Å². The van der Waals surface area contributed by atoms with Gasteiger partial charge in [0.1, 0.15) is 18.1 Å². The maximum atomic E-state index is 13.1. The number of aliphatic carboxylic acids is 1. The van der Waals surface area contributed by atoms with Crippen LogP contribution in [0.2, 0.25) is 0 Å². The van der Waals surface area contributed by atoms with Gasteiger partial charge in [-0.25, -0.2) is 0 Å². The molecule has 5 N–H and O–H groups in total. The molecule has 9 nitrogen and oxygen atoms in total. The van der Waals surface area contributed by atoms with Gasteiger partial charge in [-0.2, -0.15) is 0 Å². The molecule has 1 aromatic rings. The Morgan fingerprint density at radius 3 is 1.88 bits per heavy atom. The zero-order valence-electron chi connectivity index (χ0n) is 20.3. The van der Waals surface area contributed by atoms with E-state index in [9.17, 15) is 19.2 Å². The third-order valence-corrected chi connectivity index (χ3v) is 5.72. The van der Waals surface area contributed by atoms with Crippen LogP contribution in [0.3, 0.4) is 0 Å². The SMILES string of the molecule is CC[C@H](C)[C@H](NC(=O)[C@@H](NC(=O)[C@H](Cc1ccccc1)NC)C(C)C)C(=O)N[C@@H](C)C(=O)O. The van der Waals surface area contributed by atoms with Crippen LogP contribution in [0.5, 0.6) is 0 Å². The zero-order chi connectivity index (χ0) is 25.1. The van der Waals surface area contributed by atoms with Gasteiger partial charge in [-0.15, -0.1) is 0 Å². The first-order valence-electron chi connectivity index (χ1n) is 11.4. The Hall–Kier alpha value is -2.94. The Bertz CT molecular complexity index is 799. The smallest absolute Gasteiger partial charge is 0.325 e. The van der Waals surface area contributed by atoms with E-state index in [4.69, 9.17) is 5.11 Å². The number of rotatable bonds is 13. The molecule has 184 valence electrons. The van der Waals surface area contributed by atoms with Crippen LogP contribution < -0.4 is 21.3 Å². The van der Waals surface area contributed by atoms with Crippen molar-refractivity contribution in [3.8, 4) is 0 Å². The molecule has 0 fully saturated rings. The number of nitrogens with one attached hydrogen (secondary N) is 4. The van der Waals surface area contributed by atoms with Crippen LogP contribution in [-0.2, 0) is 25.6 Å². The summed E-state index contributed by atoms with van der Waals surface area (Å²) in [5.41, 5.74) is 0.985. The standard InChI is InChI=1S/C24H38N4O5/c1-7-15(4)20(23(31)26-16(5)24(32)33)28-22(30)19(14(2)3)27-21(29)18(25-6)13-17-11-9-8-10-12-17/h8-12,14-16,18-20,25H,7,13H2,1-6H3,(H,26,31)(H,27,29)(H,28,30)(H,32,33)/t15-,16-,18-,19-,20-/m0/s1. The van der Waals surface area contributed by atoms with Crippen molar-refractivity contribution in [1.82, 2.24) is 21.3 Å². The van der Waals surface area contributed by atoms with Crippen molar-refractivity contribution in [2.45, 2.75) is 71.6 Å². The molecule has 0 heterocycles. The normalized spacial score (nSPS) is 15.6. The van der Waals surface area contributed by atoms with Crippen LogP contribution in [0.1, 0.15) is 46.6 Å². The van der Waals surface area contributed by atoms with Crippen molar-refractivity contribution in [3.05, 3.63) is 35.9 Å². The van der Waals surface area contributed by atoms with Crippen LogP contribution in [0.4, 0.5) is 0 Å². The largest absolute Gasteiger partial charge is 0.480 e. The molecule has 0 unspecified atom stereocenters. The molecule has 0 aromatic heterocycles. The quantitative estimate of drug-likeness (QED) is 0.298. The molecule has 5 atom stereocenters. The molecule has 0 aliphatic heterocycles. The maximum absolute atomic E-state index is 13.1. The summed E-state index contributed by atoms with van der Waals surface area (Å²) in [5, 5.41) is 20.0. The Morgan fingerprint density at radius 1 is 0.848 bits per heavy atom. The topological polar surface area (TPSA) is 137 Å². The minimum absolute atomic E-state index is 0.234. The summed E-state index contributed by atoms with van der Waals surface area (Å²) in [4.78, 5) is 49.8. The van der Waals surface area contributed by atoms with E-state index >= 15 is 0 Å². The first-order valence-corrected chi connectivity index (χ1v) is 11.4. The molecule has 0 saturated heterocycles. The lowest BCUT2D eigenvalue weighted by Crippen LogP contribution is -2.59. The molecule has 0 saturated carbocycles. The van der Waals surface area contributed by atoms with E-state index in [-0.39, 0.29) is 17.7 Å². The second-order valence-corrected chi connectivity index (χ2v) is 8.70. The minimum atomic E-state index is -1.17. The number of amides is 3. The summed E-state index contributed by atoms with van der Waals surface area (Å²) in [7, 11) is 1.69. The van der Waals surface area contributed by atoms with E-state index in [1.165, 1.54) is 6.92 Å². The van der Waals surface area contributed by atoms with Gasteiger partial charge in [0.05, 0.1) is 6.04 Å². The van der Waals surface area contributed by atoms with Crippen LogP contribution >= 0.6 is 0 Å². The summed E-state index contributed by atoms with van der Waals surface area (Å²) in [6, 6.07) is 6.15. The molecule has 0 bridgehead atoms. The molecule has 0 aliphatic carbocycles. The van der Waals surface area contributed by atoms with Gasteiger partial charge < -0.3 is 26.4 Å². The lowest BCUT2D eigenvalue weighted by molar-refractivity contribution is -0.142. The van der Waals surface area contributed by atoms with Crippen molar-refractivity contribution >= 4 is 23.7 Å². The number of hydrogen-bond donors (Lipinski definition) is 5. The fourth-order valence-electron chi connectivity index (χ4n) is 3.27. The lowest BCUT2D eigenvalue weighted by atomic mass is 9.96. The fraction of sp³-hybridized carbons (Fsp3) is 0.583. The average Bonchev–Trinajstić information content (AvgIpc) is 2.78. The van der Waals surface area contributed by atoms with E-state index in [1.807, 2.05) is 37.3 Å². The van der Waals surface area contributed by atoms with E-state index < -0.39 is 42.0 Å². The predicted molar refractivity (Wildman–Crippen MR) is 126 cm³/mol. The number of likely N-dealkylation sites (N-methyl/N-ethyl adjacent to an activating group) is 1. The lowest BCUT2D eigenvalue weighted by Gasteiger charge is -2.29. The van der Waals surface area contributed by atoms with Gasteiger partial charge in [-0.05, 0) is 37.8 Å². The second kappa shape index (κ2) is 13.6. The van der Waals surface area contributed by atoms with Crippen molar-refractivity contribution in [2.24, 2.45) is 11.8 Å². The van der Waals surface area contributed by atoms with Crippen LogP contribution in [0.25, 0.3) is 0 Å². The Kier molecular flexibility index (Phi) is 11.6. The number of hydrogen-bond acceptors (Lipinski definition) is 5. The van der Waals surface area contributed by atoms with Gasteiger partial charge in [0.15, 0.2) is 0 Å². The highest BCUT2D eigenvalue weighted by molar-refractivity contribution is 5.94.